The number of nitrogens with one attached hydrogen (secondary N) is 1. The third-order valence-corrected chi connectivity index (χ3v) is 2.18. The smallest absolute Gasteiger partial charge is 0.317 e. The zero-order valence-corrected chi connectivity index (χ0v) is 8.34. The van der Waals surface area contributed by atoms with Crippen molar-refractivity contribution in [3.63, 3.8) is 0 Å². The summed E-state index contributed by atoms with van der Waals surface area (Å²) in [6.07, 6.45) is -3.84. The van der Waals surface area contributed by atoms with Crippen molar-refractivity contribution in [2.45, 2.75) is 19.3 Å². The Morgan fingerprint density at radius 2 is 2.06 bits per heavy atom. The Hall–Kier alpha value is -1.34. The summed E-state index contributed by atoms with van der Waals surface area (Å²) in [6.45, 7) is -0.267. The van der Waals surface area contributed by atoms with Crippen molar-refractivity contribution in [2.24, 2.45) is 5.92 Å². The summed E-state index contributed by atoms with van der Waals surface area (Å²) < 4.78 is 49.1. The Morgan fingerprint density at radius 1 is 1.50 bits per heavy atom. The van der Waals surface area contributed by atoms with Crippen molar-refractivity contribution in [1.29, 1.82) is 0 Å². The molecule has 1 fully saturated rings. The lowest BCUT2D eigenvalue weighted by molar-refractivity contribution is -0.142. The van der Waals surface area contributed by atoms with Crippen LogP contribution in [0, 0.1) is 5.92 Å². The van der Waals surface area contributed by atoms with Crippen molar-refractivity contribution >= 4 is 11.9 Å². The molecule has 1 saturated heterocycles. The maximum Gasteiger partial charge on any atom is 0.324 e. The summed E-state index contributed by atoms with van der Waals surface area (Å²) in [5.74, 6) is -5.55. The van der Waals surface area contributed by atoms with Crippen LogP contribution in [0.1, 0.15) is 6.92 Å². The molecule has 1 unspecified atom stereocenters. The van der Waals surface area contributed by atoms with Gasteiger partial charge >= 0.3 is 18.4 Å². The molecule has 1 atom stereocenters. The van der Waals surface area contributed by atoms with Crippen LogP contribution in [-0.2, 0) is 4.79 Å². The molecule has 92 valence electrons. The van der Waals surface area contributed by atoms with Crippen LogP contribution in [0.2, 0.25) is 0 Å². The van der Waals surface area contributed by atoms with Crippen molar-refractivity contribution in [3.05, 3.63) is 0 Å². The highest BCUT2D eigenvalue weighted by Gasteiger charge is 2.45. The molecule has 1 N–H and O–H groups in total. The number of carbonyl (C=O) groups excluding carboxylic acids is 2. The highest BCUT2D eigenvalue weighted by atomic mass is 19.3. The molecule has 0 saturated carbocycles. The fraction of sp³-hybridized carbons (Fsp3) is 0.750. The minimum atomic E-state index is -4.27. The molecule has 0 bridgehead atoms. The molecule has 0 radical (unpaired) electrons. The van der Waals surface area contributed by atoms with E-state index < -0.39 is 36.7 Å². The standard InChI is InChI=1S/C8H10F4N2O2/c1-4-2-14(7(16)13-5(4)15)3-8(11,12)6(9)10/h4,6H,2-3H2,1H3,(H,13,15,16). The third kappa shape index (κ3) is 2.61. The number of carbonyl (C=O) groups is 2. The monoisotopic (exact) mass is 242 g/mol. The van der Waals surface area contributed by atoms with E-state index in [-0.39, 0.29) is 6.54 Å². The Labute approximate surface area is 88.6 Å². The fourth-order valence-corrected chi connectivity index (χ4v) is 1.26. The average molecular weight is 242 g/mol. The van der Waals surface area contributed by atoms with Gasteiger partial charge in [0.15, 0.2) is 0 Å². The zero-order chi connectivity index (χ0) is 12.5. The highest BCUT2D eigenvalue weighted by molar-refractivity contribution is 5.97. The number of hydrogen-bond donors (Lipinski definition) is 1. The SMILES string of the molecule is CC1CN(CC(F)(F)C(F)F)C(=O)NC1=O. The molecule has 1 heterocycles. The van der Waals surface area contributed by atoms with E-state index in [9.17, 15) is 27.2 Å². The van der Waals surface area contributed by atoms with Gasteiger partial charge in [-0.15, -0.1) is 0 Å². The van der Waals surface area contributed by atoms with Gasteiger partial charge in [-0.3, -0.25) is 10.1 Å². The van der Waals surface area contributed by atoms with Gasteiger partial charge in [0.05, 0.1) is 12.5 Å². The Balaban J connectivity index is 2.68. The first-order valence-electron chi connectivity index (χ1n) is 4.50. The van der Waals surface area contributed by atoms with Crippen molar-refractivity contribution < 1.29 is 27.2 Å². The topological polar surface area (TPSA) is 49.4 Å². The summed E-state index contributed by atoms with van der Waals surface area (Å²) in [5, 5.41) is 1.81. The molecule has 0 spiro atoms. The zero-order valence-electron chi connectivity index (χ0n) is 8.34. The van der Waals surface area contributed by atoms with E-state index in [2.05, 4.69) is 0 Å². The fourth-order valence-electron chi connectivity index (χ4n) is 1.26. The van der Waals surface area contributed by atoms with E-state index in [1.165, 1.54) is 6.92 Å². The molecule has 4 nitrogen and oxygen atoms in total. The van der Waals surface area contributed by atoms with Crippen LogP contribution in [0.5, 0.6) is 0 Å². The number of halogens is 4. The molecule has 1 aliphatic heterocycles. The molecule has 8 heteroatoms. The first-order chi connectivity index (χ1) is 7.24. The first-order valence-corrected chi connectivity index (χ1v) is 4.50. The van der Waals surface area contributed by atoms with Gasteiger partial charge < -0.3 is 4.90 Å². The number of alkyl halides is 4. The Kier molecular flexibility index (Phi) is 3.39. The lowest BCUT2D eigenvalue weighted by Crippen LogP contribution is -2.57. The van der Waals surface area contributed by atoms with Gasteiger partial charge in [0.1, 0.15) is 0 Å². The minimum absolute atomic E-state index is 0.285. The van der Waals surface area contributed by atoms with Gasteiger partial charge in [-0.25, -0.2) is 13.6 Å². The van der Waals surface area contributed by atoms with Crippen LogP contribution in [0.15, 0.2) is 0 Å². The van der Waals surface area contributed by atoms with E-state index in [1.54, 1.807) is 0 Å². The lowest BCUT2D eigenvalue weighted by Gasteiger charge is -2.32. The van der Waals surface area contributed by atoms with E-state index in [1.807, 2.05) is 5.32 Å². The maximum absolute atomic E-state index is 12.7. The predicted octanol–water partition coefficient (Wildman–Crippen LogP) is 1.07. The summed E-state index contributed by atoms with van der Waals surface area (Å²) >= 11 is 0. The molecule has 0 aliphatic carbocycles. The number of nitrogens with zero attached hydrogens (tertiary/aromatic N) is 1. The van der Waals surface area contributed by atoms with Crippen molar-refractivity contribution in [3.8, 4) is 0 Å². The van der Waals surface area contributed by atoms with E-state index in [0.29, 0.717) is 4.90 Å². The van der Waals surface area contributed by atoms with E-state index in [0.717, 1.165) is 0 Å². The molecule has 3 amide bonds. The summed E-state index contributed by atoms with van der Waals surface area (Å²) in [6, 6.07) is -1.07. The summed E-state index contributed by atoms with van der Waals surface area (Å²) in [7, 11) is 0. The van der Waals surface area contributed by atoms with Gasteiger partial charge in [-0.2, -0.15) is 8.78 Å². The average Bonchev–Trinajstić information content (AvgIpc) is 2.13. The molecule has 0 aromatic carbocycles. The molecular weight excluding hydrogens is 232 g/mol. The number of rotatable bonds is 3. The molecule has 1 rings (SSSR count). The van der Waals surface area contributed by atoms with E-state index >= 15 is 0 Å². The second-order valence-corrected chi connectivity index (χ2v) is 3.64. The minimum Gasteiger partial charge on any atom is -0.317 e. The number of amides is 3. The van der Waals surface area contributed by atoms with Crippen LogP contribution in [0.4, 0.5) is 22.4 Å². The summed E-state index contributed by atoms with van der Waals surface area (Å²) in [5.41, 5.74) is 0. The van der Waals surface area contributed by atoms with Crippen molar-refractivity contribution in [2.75, 3.05) is 13.1 Å². The second-order valence-electron chi connectivity index (χ2n) is 3.64. The summed E-state index contributed by atoms with van der Waals surface area (Å²) in [4.78, 5) is 22.5. The van der Waals surface area contributed by atoms with Gasteiger partial charge in [-0.1, -0.05) is 6.92 Å². The second kappa shape index (κ2) is 4.26. The highest BCUT2D eigenvalue weighted by Crippen LogP contribution is 2.25. The van der Waals surface area contributed by atoms with Gasteiger partial charge in [-0.05, 0) is 0 Å². The normalized spacial score (nSPS) is 22.6. The largest absolute Gasteiger partial charge is 0.324 e. The maximum atomic E-state index is 12.7. The molecule has 16 heavy (non-hydrogen) atoms. The Bertz CT molecular complexity index is 308. The molecular formula is C8H10F4N2O2. The molecule has 1 aliphatic rings. The van der Waals surface area contributed by atoms with Gasteiger partial charge in [0.25, 0.3) is 0 Å². The molecule has 0 aromatic heterocycles. The molecule has 0 aromatic rings. The first kappa shape index (κ1) is 12.7. The predicted molar refractivity (Wildman–Crippen MR) is 45.2 cm³/mol. The number of urea groups is 1. The van der Waals surface area contributed by atoms with Crippen LogP contribution < -0.4 is 5.32 Å². The quantitative estimate of drug-likeness (QED) is 0.753. The van der Waals surface area contributed by atoms with Crippen molar-refractivity contribution in [1.82, 2.24) is 10.2 Å². The number of hydrogen-bond acceptors (Lipinski definition) is 2. The van der Waals surface area contributed by atoms with Crippen LogP contribution >= 0.6 is 0 Å². The third-order valence-electron chi connectivity index (χ3n) is 2.18. The number of imide groups is 1. The van der Waals surface area contributed by atoms with Crippen LogP contribution in [0.25, 0.3) is 0 Å². The van der Waals surface area contributed by atoms with E-state index in [4.69, 9.17) is 0 Å². The Morgan fingerprint density at radius 3 is 2.56 bits per heavy atom. The van der Waals surface area contributed by atoms with Gasteiger partial charge in [0.2, 0.25) is 5.91 Å². The lowest BCUT2D eigenvalue weighted by atomic mass is 10.1. The van der Waals surface area contributed by atoms with Crippen LogP contribution in [0.3, 0.4) is 0 Å². The van der Waals surface area contributed by atoms with Crippen LogP contribution in [-0.4, -0.2) is 42.3 Å². The van der Waals surface area contributed by atoms with Gasteiger partial charge in [0, 0.05) is 6.54 Å².